The van der Waals surface area contributed by atoms with E-state index in [2.05, 4.69) is 31.0 Å². The van der Waals surface area contributed by atoms with Gasteiger partial charge in [0, 0.05) is 17.4 Å². The molecule has 0 bridgehead atoms. The fraction of sp³-hybridized carbons (Fsp3) is 0.167. The van der Waals surface area contributed by atoms with E-state index in [4.69, 9.17) is 4.52 Å². The monoisotopic (exact) mass is 417 g/mol. The minimum atomic E-state index is -4.43. The summed E-state index contributed by atoms with van der Waals surface area (Å²) < 4.78 is 44.5. The fourth-order valence-electron chi connectivity index (χ4n) is 2.69. The van der Waals surface area contributed by atoms with Crippen molar-refractivity contribution in [3.63, 3.8) is 0 Å². The third kappa shape index (κ3) is 4.06. The highest BCUT2D eigenvalue weighted by molar-refractivity contribution is 5.89. The van der Waals surface area contributed by atoms with Gasteiger partial charge >= 0.3 is 12.2 Å². The van der Waals surface area contributed by atoms with Crippen molar-refractivity contribution < 1.29 is 22.5 Å². The van der Waals surface area contributed by atoms with Crippen molar-refractivity contribution in [1.82, 2.24) is 30.1 Å². The number of aromatic nitrogens is 5. The number of nitrogens with zero attached hydrogens (tertiary/aromatic N) is 5. The van der Waals surface area contributed by atoms with Crippen LogP contribution in [0.15, 0.2) is 47.1 Å². The molecule has 0 aliphatic carbocycles. The maximum atomic E-state index is 12.6. The summed E-state index contributed by atoms with van der Waals surface area (Å²) in [5.41, 5.74) is 0.628. The maximum absolute atomic E-state index is 12.6. The molecule has 12 heteroatoms. The number of anilines is 1. The molecule has 0 aliphatic rings. The molecule has 30 heavy (non-hydrogen) atoms. The molecule has 4 rings (SSSR count). The molecule has 0 unspecified atom stereocenters. The van der Waals surface area contributed by atoms with Crippen molar-refractivity contribution in [3.8, 4) is 11.5 Å². The van der Waals surface area contributed by atoms with Gasteiger partial charge in [-0.2, -0.15) is 18.2 Å². The molecule has 9 nitrogen and oxygen atoms in total. The van der Waals surface area contributed by atoms with E-state index in [0.29, 0.717) is 28.8 Å². The SMILES string of the molecule is Cc1noc(-c2ccn3c(CNC(=O)Nc4ccc(C(F)(F)F)cc4)nnc3c2)n1. The minimum Gasteiger partial charge on any atom is -0.334 e. The molecule has 3 heterocycles. The van der Waals surface area contributed by atoms with E-state index in [-0.39, 0.29) is 12.2 Å². The van der Waals surface area contributed by atoms with Crippen LogP contribution in [0.5, 0.6) is 0 Å². The van der Waals surface area contributed by atoms with Crippen molar-refractivity contribution in [2.75, 3.05) is 5.32 Å². The van der Waals surface area contributed by atoms with Crippen molar-refractivity contribution in [2.24, 2.45) is 0 Å². The van der Waals surface area contributed by atoms with E-state index in [1.807, 2.05) is 0 Å². The van der Waals surface area contributed by atoms with Crippen molar-refractivity contribution >= 4 is 17.4 Å². The Morgan fingerprint density at radius 1 is 1.17 bits per heavy atom. The predicted octanol–water partition coefficient (Wildman–Crippen LogP) is 3.43. The Labute approximate surface area is 166 Å². The lowest BCUT2D eigenvalue weighted by Crippen LogP contribution is -2.29. The molecule has 0 saturated carbocycles. The Morgan fingerprint density at radius 3 is 2.60 bits per heavy atom. The number of alkyl halides is 3. The average Bonchev–Trinajstić information content (AvgIpc) is 3.31. The first kappa shape index (κ1) is 19.4. The minimum absolute atomic E-state index is 0.0483. The molecule has 1 aromatic carbocycles. The summed E-state index contributed by atoms with van der Waals surface area (Å²) >= 11 is 0. The number of pyridine rings is 1. The topological polar surface area (TPSA) is 110 Å². The Hall–Kier alpha value is -3.96. The lowest BCUT2D eigenvalue weighted by molar-refractivity contribution is -0.137. The van der Waals surface area contributed by atoms with Gasteiger partial charge in [0.2, 0.25) is 0 Å². The third-order valence-electron chi connectivity index (χ3n) is 4.13. The fourth-order valence-corrected chi connectivity index (χ4v) is 2.69. The second-order valence-electron chi connectivity index (χ2n) is 6.29. The van der Waals surface area contributed by atoms with Gasteiger partial charge in [0.1, 0.15) is 0 Å². The van der Waals surface area contributed by atoms with Crippen LogP contribution < -0.4 is 10.6 Å². The maximum Gasteiger partial charge on any atom is 0.416 e. The molecular formula is C18H14F3N7O2. The lowest BCUT2D eigenvalue weighted by atomic mass is 10.2. The van der Waals surface area contributed by atoms with Gasteiger partial charge in [-0.1, -0.05) is 5.16 Å². The number of hydrogen-bond acceptors (Lipinski definition) is 6. The van der Waals surface area contributed by atoms with Crippen LogP contribution in [0.25, 0.3) is 17.1 Å². The van der Waals surface area contributed by atoms with E-state index in [1.165, 1.54) is 12.1 Å². The summed E-state index contributed by atoms with van der Waals surface area (Å²) in [6.45, 7) is 1.76. The number of amides is 2. The van der Waals surface area contributed by atoms with Gasteiger partial charge in [-0.3, -0.25) is 4.40 Å². The number of halogens is 3. The largest absolute Gasteiger partial charge is 0.416 e. The van der Waals surface area contributed by atoms with Crippen LogP contribution in [0.4, 0.5) is 23.7 Å². The molecule has 2 N–H and O–H groups in total. The number of aryl methyl sites for hydroxylation is 1. The molecule has 0 atom stereocenters. The van der Waals surface area contributed by atoms with Gasteiger partial charge in [0.15, 0.2) is 17.3 Å². The Balaban J connectivity index is 1.40. The normalized spacial score (nSPS) is 11.6. The van der Waals surface area contributed by atoms with Gasteiger partial charge in [-0.05, 0) is 43.3 Å². The highest BCUT2D eigenvalue weighted by Crippen LogP contribution is 2.29. The zero-order valence-corrected chi connectivity index (χ0v) is 15.4. The molecule has 0 radical (unpaired) electrons. The van der Waals surface area contributed by atoms with Crippen LogP contribution in [0.1, 0.15) is 17.2 Å². The predicted molar refractivity (Wildman–Crippen MR) is 98.3 cm³/mol. The summed E-state index contributed by atoms with van der Waals surface area (Å²) in [5, 5.41) is 16.9. The van der Waals surface area contributed by atoms with Crippen molar-refractivity contribution in [2.45, 2.75) is 19.6 Å². The van der Waals surface area contributed by atoms with Crippen molar-refractivity contribution in [3.05, 3.63) is 59.8 Å². The lowest BCUT2D eigenvalue weighted by Gasteiger charge is -2.09. The number of rotatable bonds is 4. The molecule has 3 aromatic heterocycles. The first-order valence-corrected chi connectivity index (χ1v) is 8.66. The van der Waals surface area contributed by atoms with E-state index in [0.717, 1.165) is 12.1 Å². The summed E-state index contributed by atoms with van der Waals surface area (Å²) in [6.07, 6.45) is -2.73. The number of fused-ring (bicyclic) bond motifs is 1. The molecular weight excluding hydrogens is 403 g/mol. The molecule has 0 spiro atoms. The van der Waals surface area contributed by atoms with Gasteiger partial charge in [0.25, 0.3) is 5.89 Å². The van der Waals surface area contributed by atoms with E-state index in [1.54, 1.807) is 29.7 Å². The van der Waals surface area contributed by atoms with E-state index in [9.17, 15) is 18.0 Å². The quantitative estimate of drug-likeness (QED) is 0.526. The van der Waals surface area contributed by atoms with Crippen LogP contribution in [-0.4, -0.2) is 30.8 Å². The zero-order valence-electron chi connectivity index (χ0n) is 15.4. The van der Waals surface area contributed by atoms with Gasteiger partial charge < -0.3 is 15.2 Å². The number of benzene rings is 1. The van der Waals surface area contributed by atoms with Crippen LogP contribution in [-0.2, 0) is 12.7 Å². The number of carbonyl (C=O) groups is 1. The van der Waals surface area contributed by atoms with Gasteiger partial charge in [-0.25, -0.2) is 4.79 Å². The molecule has 154 valence electrons. The van der Waals surface area contributed by atoms with Gasteiger partial charge in [0.05, 0.1) is 12.1 Å². The van der Waals surface area contributed by atoms with Crippen LogP contribution in [0.3, 0.4) is 0 Å². The average molecular weight is 417 g/mol. The molecule has 2 amide bonds. The summed E-state index contributed by atoms with van der Waals surface area (Å²) in [6, 6.07) is 7.00. The number of carbonyl (C=O) groups excluding carboxylic acids is 1. The Bertz CT molecular complexity index is 1200. The van der Waals surface area contributed by atoms with E-state index >= 15 is 0 Å². The zero-order chi connectivity index (χ0) is 21.3. The van der Waals surface area contributed by atoms with E-state index < -0.39 is 17.8 Å². The summed E-state index contributed by atoms with van der Waals surface area (Å²) in [7, 11) is 0. The first-order chi connectivity index (χ1) is 14.3. The first-order valence-electron chi connectivity index (χ1n) is 8.66. The van der Waals surface area contributed by atoms with Crippen LogP contribution in [0, 0.1) is 6.92 Å². The van der Waals surface area contributed by atoms with Crippen LogP contribution in [0.2, 0.25) is 0 Å². The molecule has 4 aromatic rings. The molecule has 0 saturated heterocycles. The second kappa shape index (κ2) is 7.46. The Kier molecular flexibility index (Phi) is 4.82. The second-order valence-corrected chi connectivity index (χ2v) is 6.29. The standard InChI is InChI=1S/C18H14F3N7O2/c1-10-23-16(30-27-10)11-6-7-28-14(8-11)25-26-15(28)9-22-17(29)24-13-4-2-12(3-5-13)18(19,20)21/h2-8H,9H2,1H3,(H2,22,24,29). The summed E-state index contributed by atoms with van der Waals surface area (Å²) in [4.78, 5) is 16.2. The number of urea groups is 1. The number of nitrogens with one attached hydrogen (secondary N) is 2. The highest BCUT2D eigenvalue weighted by Gasteiger charge is 2.30. The van der Waals surface area contributed by atoms with Crippen molar-refractivity contribution in [1.29, 1.82) is 0 Å². The smallest absolute Gasteiger partial charge is 0.334 e. The Morgan fingerprint density at radius 2 is 1.93 bits per heavy atom. The van der Waals surface area contributed by atoms with Crippen LogP contribution >= 0.6 is 0 Å². The highest BCUT2D eigenvalue weighted by atomic mass is 19.4. The molecule has 0 aliphatic heterocycles. The third-order valence-corrected chi connectivity index (χ3v) is 4.13. The summed E-state index contributed by atoms with van der Waals surface area (Å²) in [5.74, 6) is 1.32. The van der Waals surface area contributed by atoms with Gasteiger partial charge in [-0.15, -0.1) is 10.2 Å². The molecule has 0 fully saturated rings. The number of hydrogen-bond donors (Lipinski definition) is 2.